The molecule has 1 atom stereocenters. The maximum Gasteiger partial charge on any atom is 0.275 e. The van der Waals surface area contributed by atoms with Crippen molar-refractivity contribution in [2.45, 2.75) is 97.2 Å². The molecule has 1 spiro atoms. The standard InChI is InChI=1S/C32H41Cl2N3O2/c1-5-16-35-29(38)22-10-8-21(9-11-22)28(20-6-7-20)37-30(39)27(23-17-25(33)19-26(34)18-23)36-32(37)14-12-24(13-15-32)31(2,3)4/h8,10,17-20,24,28H,5-7,9,11-16H2,1-4H3,(H,35,38). The molecule has 1 unspecified atom stereocenters. The summed E-state index contributed by atoms with van der Waals surface area (Å²) in [7, 11) is 0. The normalized spacial score (nSPS) is 26.3. The van der Waals surface area contributed by atoms with E-state index in [1.54, 1.807) is 18.2 Å². The first-order valence-corrected chi connectivity index (χ1v) is 15.4. The van der Waals surface area contributed by atoms with Gasteiger partial charge in [-0.1, -0.05) is 63.0 Å². The van der Waals surface area contributed by atoms with Crippen LogP contribution in [0.4, 0.5) is 0 Å². The first-order chi connectivity index (χ1) is 18.5. The number of amides is 2. The molecule has 3 aliphatic carbocycles. The summed E-state index contributed by atoms with van der Waals surface area (Å²) in [5.41, 5.74) is 2.91. The van der Waals surface area contributed by atoms with Gasteiger partial charge in [-0.15, -0.1) is 0 Å². The Kier molecular flexibility index (Phi) is 8.05. The number of hydrogen-bond acceptors (Lipinski definition) is 3. The van der Waals surface area contributed by atoms with E-state index in [1.165, 1.54) is 5.57 Å². The molecule has 2 fully saturated rings. The lowest BCUT2D eigenvalue weighted by molar-refractivity contribution is -0.132. The molecular weight excluding hydrogens is 529 g/mol. The SMILES string of the molecule is CCCNC(=O)C1=CC=C(C(C2CC2)N2C(=O)C(c3cc(Cl)cc(Cl)c3)=NC23CCC(C(C)(C)C)CC3)CC1. The van der Waals surface area contributed by atoms with Crippen molar-refractivity contribution in [3.05, 3.63) is 57.1 Å². The molecular formula is C32H41Cl2N3O2. The fraction of sp³-hybridized carbons (Fsp3) is 0.594. The van der Waals surface area contributed by atoms with Crippen LogP contribution in [0.1, 0.15) is 91.0 Å². The van der Waals surface area contributed by atoms with Gasteiger partial charge in [-0.05, 0) is 98.8 Å². The van der Waals surface area contributed by atoms with Crippen LogP contribution in [0.15, 0.2) is 46.5 Å². The number of hydrogen-bond donors (Lipinski definition) is 1. The van der Waals surface area contributed by atoms with Crippen molar-refractivity contribution in [1.29, 1.82) is 0 Å². The van der Waals surface area contributed by atoms with Gasteiger partial charge in [0.15, 0.2) is 0 Å². The Labute approximate surface area is 243 Å². The molecule has 1 aliphatic heterocycles. The van der Waals surface area contributed by atoms with Crippen molar-refractivity contribution < 1.29 is 9.59 Å². The Bertz CT molecular complexity index is 1210. The third-order valence-electron chi connectivity index (χ3n) is 9.07. The Hall–Kier alpha value is -2.11. The van der Waals surface area contributed by atoms with Gasteiger partial charge in [0.2, 0.25) is 5.91 Å². The predicted molar refractivity (Wildman–Crippen MR) is 159 cm³/mol. The minimum absolute atomic E-state index is 0.00361. The topological polar surface area (TPSA) is 61.8 Å². The minimum Gasteiger partial charge on any atom is -0.352 e. The van der Waals surface area contributed by atoms with Gasteiger partial charge in [0, 0.05) is 27.7 Å². The van der Waals surface area contributed by atoms with Crippen LogP contribution in [0.2, 0.25) is 10.0 Å². The maximum absolute atomic E-state index is 14.4. The summed E-state index contributed by atoms with van der Waals surface area (Å²) in [6.07, 6.45) is 12.5. The summed E-state index contributed by atoms with van der Waals surface area (Å²) in [6.45, 7) is 9.69. The van der Waals surface area contributed by atoms with Crippen molar-refractivity contribution >= 4 is 40.7 Å². The molecule has 2 saturated carbocycles. The van der Waals surface area contributed by atoms with Crippen molar-refractivity contribution in [3.63, 3.8) is 0 Å². The summed E-state index contributed by atoms with van der Waals surface area (Å²) in [4.78, 5) is 34.4. The molecule has 210 valence electrons. The first kappa shape index (κ1) is 28.4. The van der Waals surface area contributed by atoms with Crippen LogP contribution in [-0.4, -0.2) is 40.7 Å². The van der Waals surface area contributed by atoms with Crippen LogP contribution in [0.3, 0.4) is 0 Å². The lowest BCUT2D eigenvalue weighted by Gasteiger charge is -2.48. The highest BCUT2D eigenvalue weighted by Crippen LogP contribution is 2.51. The summed E-state index contributed by atoms with van der Waals surface area (Å²) in [5.74, 6) is 1.03. The molecule has 0 bridgehead atoms. The summed E-state index contributed by atoms with van der Waals surface area (Å²) < 4.78 is 0. The lowest BCUT2D eigenvalue weighted by atomic mass is 9.69. The highest BCUT2D eigenvalue weighted by molar-refractivity contribution is 6.48. The highest BCUT2D eigenvalue weighted by atomic mass is 35.5. The van der Waals surface area contributed by atoms with Crippen LogP contribution in [0.25, 0.3) is 0 Å². The quantitative estimate of drug-likeness (QED) is 0.369. The number of aliphatic imine (C=N–C) groups is 1. The lowest BCUT2D eigenvalue weighted by Crippen LogP contribution is -2.56. The number of allylic oxidation sites excluding steroid dienone is 2. The Morgan fingerprint density at radius 2 is 1.74 bits per heavy atom. The van der Waals surface area contributed by atoms with Gasteiger partial charge in [0.25, 0.3) is 5.91 Å². The van der Waals surface area contributed by atoms with E-state index in [-0.39, 0.29) is 23.3 Å². The van der Waals surface area contributed by atoms with Crippen LogP contribution in [-0.2, 0) is 9.59 Å². The van der Waals surface area contributed by atoms with Gasteiger partial charge in [0.05, 0.1) is 6.04 Å². The van der Waals surface area contributed by atoms with Crippen molar-refractivity contribution in [3.8, 4) is 0 Å². The number of benzene rings is 1. The van der Waals surface area contributed by atoms with Gasteiger partial charge in [0.1, 0.15) is 11.4 Å². The number of nitrogens with one attached hydrogen (secondary N) is 1. The first-order valence-electron chi connectivity index (χ1n) is 14.6. The van der Waals surface area contributed by atoms with Gasteiger partial charge in [-0.25, -0.2) is 0 Å². The smallest absolute Gasteiger partial charge is 0.275 e. The molecule has 2 amide bonds. The molecule has 5 rings (SSSR count). The molecule has 1 N–H and O–H groups in total. The zero-order valence-electron chi connectivity index (χ0n) is 23.7. The van der Waals surface area contributed by atoms with E-state index in [1.807, 2.05) is 6.08 Å². The molecule has 4 aliphatic rings. The average Bonchev–Trinajstić information content (AvgIpc) is 3.69. The minimum atomic E-state index is -0.556. The largest absolute Gasteiger partial charge is 0.352 e. The number of nitrogens with zero attached hydrogens (tertiary/aromatic N) is 2. The van der Waals surface area contributed by atoms with Gasteiger partial charge >= 0.3 is 0 Å². The molecule has 1 aromatic rings. The highest BCUT2D eigenvalue weighted by Gasteiger charge is 2.55. The fourth-order valence-corrected chi connectivity index (χ4v) is 7.23. The molecule has 7 heteroatoms. The average molecular weight is 571 g/mol. The van der Waals surface area contributed by atoms with E-state index < -0.39 is 5.66 Å². The van der Waals surface area contributed by atoms with Crippen molar-refractivity contribution in [2.24, 2.45) is 22.2 Å². The monoisotopic (exact) mass is 569 g/mol. The predicted octanol–water partition coefficient (Wildman–Crippen LogP) is 7.51. The molecule has 0 saturated heterocycles. The second-order valence-electron chi connectivity index (χ2n) is 12.9. The molecule has 1 aromatic carbocycles. The van der Waals surface area contributed by atoms with E-state index in [0.29, 0.717) is 46.1 Å². The number of halogens is 2. The van der Waals surface area contributed by atoms with Gasteiger partial charge in [-0.3, -0.25) is 14.6 Å². The maximum atomic E-state index is 14.4. The third kappa shape index (κ3) is 5.86. The van der Waals surface area contributed by atoms with E-state index in [4.69, 9.17) is 28.2 Å². The molecule has 5 nitrogen and oxygen atoms in total. The molecule has 39 heavy (non-hydrogen) atoms. The van der Waals surface area contributed by atoms with Crippen molar-refractivity contribution in [1.82, 2.24) is 10.2 Å². The second kappa shape index (κ2) is 11.0. The van der Waals surface area contributed by atoms with E-state index >= 15 is 0 Å². The van der Waals surface area contributed by atoms with Gasteiger partial charge < -0.3 is 10.2 Å². The summed E-state index contributed by atoms with van der Waals surface area (Å²) in [6, 6.07) is 5.29. The van der Waals surface area contributed by atoms with Gasteiger partial charge in [-0.2, -0.15) is 0 Å². The summed E-state index contributed by atoms with van der Waals surface area (Å²) >= 11 is 12.7. The number of rotatable bonds is 7. The van der Waals surface area contributed by atoms with E-state index in [2.05, 4.69) is 44.0 Å². The Morgan fingerprint density at radius 1 is 1.08 bits per heavy atom. The Balaban J connectivity index is 1.51. The number of carbonyl (C=O) groups excluding carboxylic acids is 2. The van der Waals surface area contributed by atoms with Crippen LogP contribution in [0, 0.1) is 17.3 Å². The van der Waals surface area contributed by atoms with E-state index in [9.17, 15) is 9.59 Å². The zero-order valence-corrected chi connectivity index (χ0v) is 25.2. The fourth-order valence-electron chi connectivity index (χ4n) is 6.71. The summed E-state index contributed by atoms with van der Waals surface area (Å²) in [5, 5.41) is 4.01. The number of carbonyl (C=O) groups is 2. The van der Waals surface area contributed by atoms with Crippen molar-refractivity contribution in [2.75, 3.05) is 6.54 Å². The van der Waals surface area contributed by atoms with Crippen LogP contribution >= 0.6 is 23.2 Å². The molecule has 1 heterocycles. The second-order valence-corrected chi connectivity index (χ2v) is 13.8. The molecule has 0 radical (unpaired) electrons. The van der Waals surface area contributed by atoms with Crippen LogP contribution < -0.4 is 5.32 Å². The third-order valence-corrected chi connectivity index (χ3v) is 9.51. The van der Waals surface area contributed by atoms with E-state index in [0.717, 1.165) is 56.9 Å². The zero-order chi connectivity index (χ0) is 27.9. The molecule has 0 aromatic heterocycles. The Morgan fingerprint density at radius 3 is 2.28 bits per heavy atom. The van der Waals surface area contributed by atoms with Crippen LogP contribution in [0.5, 0.6) is 0 Å².